The molecule has 7 heteroatoms. The van der Waals surface area contributed by atoms with E-state index in [9.17, 15) is 19.5 Å². The molecule has 5 nitrogen and oxygen atoms in total. The fraction of sp³-hybridized carbons (Fsp3) is 0.450. The summed E-state index contributed by atoms with van der Waals surface area (Å²) < 4.78 is -1.03. The van der Waals surface area contributed by atoms with Crippen LogP contribution in [0.1, 0.15) is 43.3 Å². The molecule has 1 N–H and O–H groups in total. The lowest BCUT2D eigenvalue weighted by Gasteiger charge is -2.37. The van der Waals surface area contributed by atoms with E-state index in [1.807, 2.05) is 30.3 Å². The largest absolute Gasteiger partial charge is 0.521 e. The Balaban J connectivity index is 1.94. The lowest BCUT2D eigenvalue weighted by atomic mass is 9.87. The van der Waals surface area contributed by atoms with Gasteiger partial charge < -0.3 is 5.11 Å². The van der Waals surface area contributed by atoms with Crippen molar-refractivity contribution in [3.63, 3.8) is 0 Å². The molecule has 1 fully saturated rings. The molecule has 1 aliphatic rings. The fourth-order valence-electron chi connectivity index (χ4n) is 3.91. The smallest absolute Gasteiger partial charge is 0.435 e. The highest BCUT2D eigenvalue weighted by molar-refractivity contribution is 7.82. The molecule has 3 rings (SSSR count). The first kappa shape index (κ1) is 20.0. The number of amides is 2. The average molecular weight is 407 g/mol. The van der Waals surface area contributed by atoms with Gasteiger partial charge in [0.2, 0.25) is 0 Å². The molecule has 144 valence electrons. The Labute approximate surface area is 168 Å². The highest BCUT2D eigenvalue weighted by Crippen LogP contribution is 2.39. The van der Waals surface area contributed by atoms with Crippen LogP contribution in [-0.2, 0) is 4.79 Å². The Morgan fingerprint density at radius 2 is 2.00 bits per heavy atom. The van der Waals surface area contributed by atoms with Crippen molar-refractivity contribution in [3.8, 4) is 0 Å². The van der Waals surface area contributed by atoms with Gasteiger partial charge in [0.25, 0.3) is 0 Å². The number of carboxylic acid groups (broad SMARTS) is 1. The summed E-state index contributed by atoms with van der Waals surface area (Å²) in [6.07, 6.45) is 0.175. The van der Waals surface area contributed by atoms with E-state index in [-0.39, 0.29) is 18.4 Å². The average Bonchev–Trinajstić information content (AvgIpc) is 3.23. The number of rotatable bonds is 4. The lowest BCUT2D eigenvalue weighted by molar-refractivity contribution is -0.793. The molecule has 1 saturated heterocycles. The van der Waals surface area contributed by atoms with Crippen LogP contribution in [0.2, 0.25) is 0 Å². The van der Waals surface area contributed by atoms with Gasteiger partial charge in [-0.05, 0) is 31.4 Å². The van der Waals surface area contributed by atoms with E-state index in [0.717, 1.165) is 10.1 Å². The number of nitrogens with zero attached hydrogens (tertiary/aromatic N) is 1. The summed E-state index contributed by atoms with van der Waals surface area (Å²) in [6, 6.07) is 9.21. The molecule has 0 bridgehead atoms. The van der Waals surface area contributed by atoms with Crippen LogP contribution in [0.4, 0.5) is 4.79 Å². The predicted molar refractivity (Wildman–Crippen MR) is 110 cm³/mol. The highest BCUT2D eigenvalue weighted by Gasteiger charge is 2.60. The van der Waals surface area contributed by atoms with Gasteiger partial charge in [-0.3, -0.25) is 4.79 Å². The third-order valence-corrected chi connectivity index (χ3v) is 7.64. The van der Waals surface area contributed by atoms with Gasteiger partial charge in [0.05, 0.1) is 11.4 Å². The molecule has 1 aromatic carbocycles. The highest BCUT2D eigenvalue weighted by atomic mass is 32.1. The van der Waals surface area contributed by atoms with Gasteiger partial charge in [-0.2, -0.15) is 21.9 Å². The Hall–Kier alpha value is -1.70. The SMILES string of the molecule is CC(C(=O)c1cc2ccccc2s1)C(C)(S)C(=O)[N+]1(C(=O)O)CCC[C@H]1C. The second-order valence-electron chi connectivity index (χ2n) is 7.55. The summed E-state index contributed by atoms with van der Waals surface area (Å²) >= 11 is 5.93. The quantitative estimate of drug-likeness (QED) is 0.442. The van der Waals surface area contributed by atoms with Crippen LogP contribution < -0.4 is 0 Å². The molecule has 1 aromatic heterocycles. The molecule has 2 amide bonds. The van der Waals surface area contributed by atoms with Gasteiger partial charge in [-0.15, -0.1) is 11.3 Å². The normalized spacial score (nSPS) is 25.9. The molecular formula is C20H24NO4S2+. The molecule has 2 aromatic rings. The van der Waals surface area contributed by atoms with Crippen molar-refractivity contribution >= 4 is 51.8 Å². The maximum atomic E-state index is 13.4. The number of ketones is 1. The van der Waals surface area contributed by atoms with E-state index < -0.39 is 27.1 Å². The first-order chi connectivity index (χ1) is 12.6. The number of thiol groups is 1. The lowest BCUT2D eigenvalue weighted by Crippen LogP contribution is -2.65. The number of imide groups is 1. The van der Waals surface area contributed by atoms with E-state index in [1.54, 1.807) is 20.8 Å². The third-order valence-electron chi connectivity index (χ3n) is 5.93. The van der Waals surface area contributed by atoms with Crippen molar-refractivity contribution in [2.75, 3.05) is 6.54 Å². The van der Waals surface area contributed by atoms with Crippen LogP contribution in [-0.4, -0.2) is 44.7 Å². The van der Waals surface area contributed by atoms with Crippen molar-refractivity contribution in [1.82, 2.24) is 0 Å². The topological polar surface area (TPSA) is 71.4 Å². The Morgan fingerprint density at radius 3 is 2.56 bits per heavy atom. The number of Topliss-reactive ketones (excluding diaryl/α,β-unsaturated/α-hetero) is 1. The number of quaternary nitrogens is 1. The number of benzene rings is 1. The van der Waals surface area contributed by atoms with Crippen molar-refractivity contribution < 1.29 is 24.0 Å². The number of carbonyl (C=O) groups is 3. The van der Waals surface area contributed by atoms with Crippen molar-refractivity contribution in [3.05, 3.63) is 35.2 Å². The Kier molecular flexibility index (Phi) is 5.22. The first-order valence-corrected chi connectivity index (χ1v) is 10.3. The van der Waals surface area contributed by atoms with E-state index in [0.29, 0.717) is 17.7 Å². The van der Waals surface area contributed by atoms with Crippen LogP contribution in [0.15, 0.2) is 30.3 Å². The van der Waals surface area contributed by atoms with Gasteiger partial charge in [0.15, 0.2) is 5.78 Å². The maximum absolute atomic E-state index is 13.4. The van der Waals surface area contributed by atoms with Crippen molar-refractivity contribution in [1.29, 1.82) is 0 Å². The van der Waals surface area contributed by atoms with E-state index >= 15 is 0 Å². The van der Waals surface area contributed by atoms with Gasteiger partial charge in [0.1, 0.15) is 10.8 Å². The molecular weight excluding hydrogens is 382 g/mol. The van der Waals surface area contributed by atoms with E-state index in [2.05, 4.69) is 12.6 Å². The van der Waals surface area contributed by atoms with Crippen LogP contribution in [0, 0.1) is 5.92 Å². The summed E-state index contributed by atoms with van der Waals surface area (Å²) in [7, 11) is 0. The molecule has 0 aliphatic carbocycles. The summed E-state index contributed by atoms with van der Waals surface area (Å²) in [5.74, 6) is -1.44. The van der Waals surface area contributed by atoms with Crippen LogP contribution in [0.25, 0.3) is 10.1 Å². The molecule has 0 saturated carbocycles. The monoisotopic (exact) mass is 406 g/mol. The Morgan fingerprint density at radius 1 is 1.33 bits per heavy atom. The minimum Gasteiger partial charge on any atom is -0.435 e. The predicted octanol–water partition coefficient (Wildman–Crippen LogP) is 4.61. The van der Waals surface area contributed by atoms with Gasteiger partial charge in [-0.1, -0.05) is 25.1 Å². The zero-order chi connectivity index (χ0) is 20.0. The molecule has 4 atom stereocenters. The molecule has 27 heavy (non-hydrogen) atoms. The van der Waals surface area contributed by atoms with Crippen LogP contribution >= 0.6 is 24.0 Å². The second kappa shape index (κ2) is 7.04. The van der Waals surface area contributed by atoms with Gasteiger partial charge in [-0.25, -0.2) is 4.79 Å². The number of likely N-dealkylation sites (tertiary alicyclic amines) is 1. The number of hydrogen-bond donors (Lipinski definition) is 2. The van der Waals surface area contributed by atoms with Crippen LogP contribution in [0.5, 0.6) is 0 Å². The first-order valence-electron chi connectivity index (χ1n) is 9.03. The molecule has 1 aliphatic heterocycles. The third kappa shape index (κ3) is 3.11. The summed E-state index contributed by atoms with van der Waals surface area (Å²) in [5.41, 5.74) is 0. The van der Waals surface area contributed by atoms with Crippen molar-refractivity contribution in [2.24, 2.45) is 5.92 Å². The van der Waals surface area contributed by atoms with Gasteiger partial charge >= 0.3 is 12.0 Å². The summed E-state index contributed by atoms with van der Waals surface area (Å²) in [6.45, 7) is 5.26. The zero-order valence-corrected chi connectivity index (χ0v) is 17.3. The van der Waals surface area contributed by atoms with E-state index in [4.69, 9.17) is 0 Å². The van der Waals surface area contributed by atoms with Crippen molar-refractivity contribution in [2.45, 2.75) is 44.4 Å². The van der Waals surface area contributed by atoms with Crippen LogP contribution in [0.3, 0.4) is 0 Å². The second-order valence-corrected chi connectivity index (χ2v) is 9.57. The number of hydrogen-bond acceptors (Lipinski definition) is 5. The fourth-order valence-corrected chi connectivity index (χ4v) is 5.30. The van der Waals surface area contributed by atoms with E-state index in [1.165, 1.54) is 11.3 Å². The number of thiophene rings is 1. The minimum atomic E-state index is -1.38. The molecule has 3 unspecified atom stereocenters. The number of carbonyl (C=O) groups excluding carboxylic acids is 2. The maximum Gasteiger partial charge on any atom is 0.521 e. The van der Waals surface area contributed by atoms with Gasteiger partial charge in [0, 0.05) is 23.5 Å². The summed E-state index contributed by atoms with van der Waals surface area (Å²) in [4.78, 5) is 39.0. The number of fused-ring (bicyclic) bond motifs is 1. The zero-order valence-electron chi connectivity index (χ0n) is 15.6. The standard InChI is InChI=1S/C20H23NO4S2/c1-12-7-6-10-21(12,19(24)25)18(23)20(3,26)13(2)17(22)16-11-14-8-4-5-9-15(14)27-16/h4-5,8-9,11-13H,6-7,10H2,1-3H3,(H-,24,25,26)/p+1/t12-,13?,20?,21?/m1/s1. The Bertz CT molecular complexity index is 887. The minimum absolute atomic E-state index is 0.183. The molecule has 2 heterocycles. The summed E-state index contributed by atoms with van der Waals surface area (Å²) in [5, 5.41) is 10.8. The molecule has 0 radical (unpaired) electrons. The molecule has 0 spiro atoms.